The minimum absolute atomic E-state index is 0.0716. The van der Waals surface area contributed by atoms with Crippen LogP contribution < -0.4 is 5.32 Å². The van der Waals surface area contributed by atoms with Crippen molar-refractivity contribution in [2.45, 2.75) is 37.4 Å². The Morgan fingerprint density at radius 2 is 2.21 bits per heavy atom. The van der Waals surface area contributed by atoms with E-state index in [4.69, 9.17) is 0 Å². The Morgan fingerprint density at radius 3 is 2.96 bits per heavy atom. The molecule has 2 aromatic heterocycles. The van der Waals surface area contributed by atoms with E-state index in [0.717, 1.165) is 27.7 Å². The van der Waals surface area contributed by atoms with Crippen LogP contribution in [0.25, 0.3) is 10.2 Å². The number of fused-ring (bicyclic) bond motifs is 1. The lowest BCUT2D eigenvalue weighted by Crippen LogP contribution is -2.14. The van der Waals surface area contributed by atoms with E-state index in [0.29, 0.717) is 16.8 Å². The topological polar surface area (TPSA) is 72.7 Å². The van der Waals surface area contributed by atoms with Crippen LogP contribution in [0.3, 0.4) is 0 Å². The number of para-hydroxylation sites is 1. The molecule has 4 rings (SSSR count). The highest BCUT2D eigenvalue weighted by atomic mass is 32.2. The number of rotatable bonds is 6. The third-order valence-corrected chi connectivity index (χ3v) is 5.80. The summed E-state index contributed by atoms with van der Waals surface area (Å²) < 4.78 is 3.19. The maximum Gasteiger partial charge on any atom is 0.236 e. The first-order valence-corrected chi connectivity index (χ1v) is 9.76. The standard InChI is InChI=1S/C16H17N5OS2/c1-2-21-14(10-7-8-10)19-20-16(21)23-9-13(22)18-15-17-11-5-3-4-6-12(11)24-15/h3-6,10H,2,7-9H2,1H3,(H,17,18,22). The summed E-state index contributed by atoms with van der Waals surface area (Å²) in [6.07, 6.45) is 2.39. The molecule has 1 aliphatic rings. The Morgan fingerprint density at radius 1 is 1.38 bits per heavy atom. The number of nitrogens with one attached hydrogen (secondary N) is 1. The second kappa shape index (κ2) is 6.52. The summed E-state index contributed by atoms with van der Waals surface area (Å²) in [5, 5.41) is 12.9. The highest BCUT2D eigenvalue weighted by Crippen LogP contribution is 2.40. The fourth-order valence-electron chi connectivity index (χ4n) is 2.56. The molecule has 1 fully saturated rings. The summed E-state index contributed by atoms with van der Waals surface area (Å²) in [6, 6.07) is 7.86. The van der Waals surface area contributed by atoms with Gasteiger partial charge in [-0.3, -0.25) is 4.79 Å². The number of thiazole rings is 1. The van der Waals surface area contributed by atoms with Crippen molar-refractivity contribution in [1.29, 1.82) is 0 Å². The molecule has 0 bridgehead atoms. The van der Waals surface area contributed by atoms with Gasteiger partial charge in [-0.05, 0) is 31.9 Å². The first-order chi connectivity index (χ1) is 11.7. The zero-order valence-corrected chi connectivity index (χ0v) is 14.9. The molecule has 6 nitrogen and oxygen atoms in total. The van der Waals surface area contributed by atoms with Crippen molar-refractivity contribution >= 4 is 44.4 Å². The van der Waals surface area contributed by atoms with Gasteiger partial charge >= 0.3 is 0 Å². The molecular weight excluding hydrogens is 342 g/mol. The molecule has 0 atom stereocenters. The molecule has 0 aliphatic heterocycles. The molecule has 1 aromatic carbocycles. The Bertz CT molecular complexity index is 851. The van der Waals surface area contributed by atoms with E-state index in [1.54, 1.807) is 0 Å². The van der Waals surface area contributed by atoms with Gasteiger partial charge in [-0.1, -0.05) is 35.2 Å². The maximum absolute atomic E-state index is 12.2. The van der Waals surface area contributed by atoms with Crippen LogP contribution in [0.4, 0.5) is 5.13 Å². The minimum atomic E-state index is -0.0716. The third-order valence-electron chi connectivity index (χ3n) is 3.88. The largest absolute Gasteiger partial charge is 0.306 e. The van der Waals surface area contributed by atoms with Gasteiger partial charge < -0.3 is 9.88 Å². The average molecular weight is 359 g/mol. The van der Waals surface area contributed by atoms with Crippen molar-refractivity contribution in [2.75, 3.05) is 11.1 Å². The number of benzene rings is 1. The molecule has 124 valence electrons. The molecule has 1 saturated carbocycles. The van der Waals surface area contributed by atoms with Gasteiger partial charge in [0.15, 0.2) is 10.3 Å². The summed E-state index contributed by atoms with van der Waals surface area (Å²) in [6.45, 7) is 2.92. The number of aromatic nitrogens is 4. The Kier molecular flexibility index (Phi) is 4.24. The van der Waals surface area contributed by atoms with Crippen LogP contribution in [-0.4, -0.2) is 31.4 Å². The summed E-state index contributed by atoms with van der Waals surface area (Å²) in [5.74, 6) is 1.85. The monoisotopic (exact) mass is 359 g/mol. The second-order valence-corrected chi connectivity index (χ2v) is 7.66. The number of thioether (sulfide) groups is 1. The minimum Gasteiger partial charge on any atom is -0.306 e. The Labute approximate surface area is 147 Å². The molecule has 3 aromatic rings. The SMILES string of the molecule is CCn1c(SCC(=O)Nc2nc3ccccc3s2)nnc1C1CC1. The van der Waals surface area contributed by atoms with Crippen LogP contribution >= 0.6 is 23.1 Å². The number of carbonyl (C=O) groups excluding carboxylic acids is 1. The van der Waals surface area contributed by atoms with Crippen molar-refractivity contribution in [1.82, 2.24) is 19.7 Å². The van der Waals surface area contributed by atoms with Crippen LogP contribution in [0, 0.1) is 0 Å². The molecule has 0 spiro atoms. The zero-order valence-electron chi connectivity index (χ0n) is 13.2. The number of carbonyl (C=O) groups is 1. The number of hydrogen-bond donors (Lipinski definition) is 1. The van der Waals surface area contributed by atoms with E-state index >= 15 is 0 Å². The highest BCUT2D eigenvalue weighted by Gasteiger charge is 2.30. The molecule has 0 saturated heterocycles. The van der Waals surface area contributed by atoms with Crippen molar-refractivity contribution in [2.24, 2.45) is 0 Å². The predicted octanol–water partition coefficient (Wildman–Crippen LogP) is 3.52. The Balaban J connectivity index is 1.39. The van der Waals surface area contributed by atoms with Crippen molar-refractivity contribution < 1.29 is 4.79 Å². The fourth-order valence-corrected chi connectivity index (χ4v) is 4.25. The van der Waals surface area contributed by atoms with Crippen LogP contribution in [-0.2, 0) is 11.3 Å². The molecule has 0 unspecified atom stereocenters. The van der Waals surface area contributed by atoms with Crippen LogP contribution in [0.15, 0.2) is 29.4 Å². The number of amides is 1. The molecule has 8 heteroatoms. The van der Waals surface area contributed by atoms with E-state index in [1.165, 1.54) is 35.9 Å². The van der Waals surface area contributed by atoms with Crippen molar-refractivity contribution in [3.63, 3.8) is 0 Å². The summed E-state index contributed by atoms with van der Waals surface area (Å²) in [5.41, 5.74) is 0.908. The van der Waals surface area contributed by atoms with Gasteiger partial charge in [0.2, 0.25) is 5.91 Å². The normalized spacial score (nSPS) is 14.2. The maximum atomic E-state index is 12.2. The quantitative estimate of drug-likeness (QED) is 0.682. The molecule has 0 radical (unpaired) electrons. The number of anilines is 1. The fraction of sp³-hybridized carbons (Fsp3) is 0.375. The highest BCUT2D eigenvalue weighted by molar-refractivity contribution is 7.99. The molecule has 1 amide bonds. The zero-order chi connectivity index (χ0) is 16.5. The van der Waals surface area contributed by atoms with E-state index < -0.39 is 0 Å². The van der Waals surface area contributed by atoms with Gasteiger partial charge in [-0.25, -0.2) is 4.98 Å². The lowest BCUT2D eigenvalue weighted by atomic mass is 10.3. The first-order valence-electron chi connectivity index (χ1n) is 7.96. The number of nitrogens with zero attached hydrogens (tertiary/aromatic N) is 4. The van der Waals surface area contributed by atoms with Gasteiger partial charge in [-0.15, -0.1) is 10.2 Å². The van der Waals surface area contributed by atoms with Gasteiger partial charge in [-0.2, -0.15) is 0 Å². The van der Waals surface area contributed by atoms with Crippen molar-refractivity contribution in [3.05, 3.63) is 30.1 Å². The van der Waals surface area contributed by atoms with Crippen molar-refractivity contribution in [3.8, 4) is 0 Å². The van der Waals surface area contributed by atoms with E-state index in [-0.39, 0.29) is 5.91 Å². The van der Waals surface area contributed by atoms with Crippen LogP contribution in [0.5, 0.6) is 0 Å². The summed E-state index contributed by atoms with van der Waals surface area (Å²) in [4.78, 5) is 16.6. The Hall–Kier alpha value is -1.93. The molecule has 1 aliphatic carbocycles. The van der Waals surface area contributed by atoms with Crippen LogP contribution in [0.2, 0.25) is 0 Å². The molecule has 2 heterocycles. The lowest BCUT2D eigenvalue weighted by molar-refractivity contribution is -0.113. The summed E-state index contributed by atoms with van der Waals surface area (Å²) >= 11 is 2.91. The van der Waals surface area contributed by atoms with E-state index in [9.17, 15) is 4.79 Å². The van der Waals surface area contributed by atoms with Gasteiger partial charge in [0.1, 0.15) is 5.82 Å². The number of hydrogen-bond acceptors (Lipinski definition) is 6. The van der Waals surface area contributed by atoms with Gasteiger partial charge in [0.05, 0.1) is 16.0 Å². The average Bonchev–Trinajstić information content (AvgIpc) is 3.21. The van der Waals surface area contributed by atoms with Gasteiger partial charge in [0, 0.05) is 12.5 Å². The molecule has 24 heavy (non-hydrogen) atoms. The summed E-state index contributed by atoms with van der Waals surface area (Å²) in [7, 11) is 0. The van der Waals surface area contributed by atoms with E-state index in [1.807, 2.05) is 24.3 Å². The second-order valence-electron chi connectivity index (χ2n) is 5.68. The third kappa shape index (κ3) is 3.16. The van der Waals surface area contributed by atoms with Crippen LogP contribution in [0.1, 0.15) is 31.5 Å². The van der Waals surface area contributed by atoms with Gasteiger partial charge in [0.25, 0.3) is 0 Å². The molecule has 1 N–H and O–H groups in total. The lowest BCUT2D eigenvalue weighted by Gasteiger charge is -2.06. The predicted molar refractivity (Wildman–Crippen MR) is 96.6 cm³/mol. The molecular formula is C16H17N5OS2. The smallest absolute Gasteiger partial charge is 0.236 e. The first kappa shape index (κ1) is 15.6. The van der Waals surface area contributed by atoms with E-state index in [2.05, 4.69) is 32.0 Å².